The summed E-state index contributed by atoms with van der Waals surface area (Å²) in [5.74, 6) is 2.67. The molecule has 2 heterocycles. The van der Waals surface area contributed by atoms with Gasteiger partial charge < -0.3 is 15.1 Å². The molecule has 2 fully saturated rings. The van der Waals surface area contributed by atoms with E-state index in [0.29, 0.717) is 19.6 Å². The van der Waals surface area contributed by atoms with Crippen LogP contribution in [0.4, 0.5) is 5.69 Å². The van der Waals surface area contributed by atoms with Gasteiger partial charge in [0.15, 0.2) is 5.96 Å². The Bertz CT molecular complexity index is 792. The Balaban J connectivity index is 0.00000320. The van der Waals surface area contributed by atoms with E-state index >= 15 is 0 Å². The lowest BCUT2D eigenvalue weighted by Crippen LogP contribution is -2.52. The zero-order chi connectivity index (χ0) is 20.7. The van der Waals surface area contributed by atoms with Crippen molar-refractivity contribution in [3.63, 3.8) is 0 Å². The molecule has 10 heteroatoms. The monoisotopic (exact) mass is 567 g/mol. The molecule has 1 aromatic rings. The Morgan fingerprint density at radius 3 is 2.47 bits per heavy atom. The second kappa shape index (κ2) is 12.4. The Kier molecular flexibility index (Phi) is 10.5. The Morgan fingerprint density at radius 2 is 1.83 bits per heavy atom. The van der Waals surface area contributed by atoms with E-state index in [4.69, 9.17) is 0 Å². The first-order valence-corrected chi connectivity index (χ1v) is 13.2. The van der Waals surface area contributed by atoms with Crippen molar-refractivity contribution in [2.75, 3.05) is 74.5 Å². The maximum Gasteiger partial charge on any atom is 0.215 e. The van der Waals surface area contributed by atoms with Crippen molar-refractivity contribution in [1.82, 2.24) is 14.5 Å². The second-order valence-electron chi connectivity index (χ2n) is 7.38. The normalized spacial score (nSPS) is 18.8. The number of nitrogens with zero attached hydrogens (tertiary/aromatic N) is 4. The number of thioether (sulfide) groups is 1. The summed E-state index contributed by atoms with van der Waals surface area (Å²) in [6.45, 7) is 10.1. The number of halogens is 1. The number of aliphatic imine (C=N–C) groups is 1. The van der Waals surface area contributed by atoms with Gasteiger partial charge >= 0.3 is 0 Å². The van der Waals surface area contributed by atoms with Crippen LogP contribution in [0.15, 0.2) is 29.3 Å². The number of aryl methyl sites for hydroxylation is 1. The van der Waals surface area contributed by atoms with Gasteiger partial charge in [0.1, 0.15) is 0 Å². The average Bonchev–Trinajstić information content (AvgIpc) is 2.74. The van der Waals surface area contributed by atoms with E-state index in [-0.39, 0.29) is 29.7 Å². The summed E-state index contributed by atoms with van der Waals surface area (Å²) in [4.78, 5) is 9.26. The highest BCUT2D eigenvalue weighted by Gasteiger charge is 2.24. The first-order valence-electron chi connectivity index (χ1n) is 10.4. The summed E-state index contributed by atoms with van der Waals surface area (Å²) in [6, 6.07) is 8.60. The van der Waals surface area contributed by atoms with Crippen molar-refractivity contribution in [1.29, 1.82) is 0 Å². The quantitative estimate of drug-likeness (QED) is 0.323. The Labute approximate surface area is 202 Å². The highest BCUT2D eigenvalue weighted by atomic mass is 127. The number of sulfonamides is 1. The molecule has 2 aliphatic rings. The lowest BCUT2D eigenvalue weighted by atomic mass is 10.2. The van der Waals surface area contributed by atoms with E-state index in [1.807, 2.05) is 18.7 Å². The van der Waals surface area contributed by atoms with Crippen LogP contribution < -0.4 is 10.2 Å². The van der Waals surface area contributed by atoms with Crippen LogP contribution in [0, 0.1) is 6.92 Å². The molecule has 0 radical (unpaired) electrons. The van der Waals surface area contributed by atoms with E-state index in [9.17, 15) is 8.42 Å². The van der Waals surface area contributed by atoms with E-state index in [1.54, 1.807) is 4.31 Å². The number of piperazine rings is 1. The van der Waals surface area contributed by atoms with Gasteiger partial charge in [-0.3, -0.25) is 4.99 Å². The number of anilines is 1. The SMILES string of the molecule is CCNC(=NCCS(=O)(=O)N1CCSCC1)N1CCN(c2cccc(C)c2)CC1.I. The number of hydrogen-bond donors (Lipinski definition) is 1. The van der Waals surface area contributed by atoms with E-state index in [1.165, 1.54) is 11.3 Å². The van der Waals surface area contributed by atoms with Gasteiger partial charge in [0.2, 0.25) is 10.0 Å². The highest BCUT2D eigenvalue weighted by molar-refractivity contribution is 14.0. The molecule has 3 rings (SSSR count). The molecule has 30 heavy (non-hydrogen) atoms. The Hall–Kier alpha value is -0.720. The molecular formula is C20H34IN5O2S2. The molecular weight excluding hydrogens is 533 g/mol. The summed E-state index contributed by atoms with van der Waals surface area (Å²) in [7, 11) is -3.22. The van der Waals surface area contributed by atoms with Crippen LogP contribution in [0.1, 0.15) is 12.5 Å². The van der Waals surface area contributed by atoms with Crippen molar-refractivity contribution >= 4 is 57.4 Å². The minimum atomic E-state index is -3.22. The van der Waals surface area contributed by atoms with Crippen LogP contribution in [0.2, 0.25) is 0 Å². The standard InChI is InChI=1S/C20H33N5O2S2.HI/c1-3-21-20(22-7-16-29(26,27)25-12-14-28-15-13-25)24-10-8-23(9-11-24)19-6-4-5-18(2)17-19;/h4-6,17H,3,7-16H2,1-2H3,(H,21,22);1H. The van der Waals surface area contributed by atoms with Gasteiger partial charge in [-0.15, -0.1) is 24.0 Å². The van der Waals surface area contributed by atoms with Gasteiger partial charge in [-0.1, -0.05) is 12.1 Å². The van der Waals surface area contributed by atoms with Crippen LogP contribution in [0.25, 0.3) is 0 Å². The van der Waals surface area contributed by atoms with Crippen molar-refractivity contribution in [3.05, 3.63) is 29.8 Å². The van der Waals surface area contributed by atoms with Gasteiger partial charge in [-0.25, -0.2) is 12.7 Å². The Morgan fingerprint density at radius 1 is 1.13 bits per heavy atom. The summed E-state index contributed by atoms with van der Waals surface area (Å²) in [6.07, 6.45) is 0. The van der Waals surface area contributed by atoms with Crippen LogP contribution in [0.5, 0.6) is 0 Å². The van der Waals surface area contributed by atoms with Gasteiger partial charge in [-0.05, 0) is 31.5 Å². The number of rotatable bonds is 6. The number of nitrogens with one attached hydrogen (secondary N) is 1. The molecule has 0 aliphatic carbocycles. The lowest BCUT2D eigenvalue weighted by Gasteiger charge is -2.37. The van der Waals surface area contributed by atoms with Crippen molar-refractivity contribution in [2.24, 2.45) is 4.99 Å². The van der Waals surface area contributed by atoms with Gasteiger partial charge in [0.05, 0.1) is 12.3 Å². The molecule has 0 saturated carbocycles. The van der Waals surface area contributed by atoms with E-state index in [2.05, 4.69) is 51.3 Å². The third-order valence-electron chi connectivity index (χ3n) is 5.26. The van der Waals surface area contributed by atoms with Crippen molar-refractivity contribution in [2.45, 2.75) is 13.8 Å². The largest absolute Gasteiger partial charge is 0.368 e. The average molecular weight is 568 g/mol. The minimum absolute atomic E-state index is 0. The minimum Gasteiger partial charge on any atom is -0.368 e. The number of guanidine groups is 1. The van der Waals surface area contributed by atoms with Gasteiger partial charge in [0, 0.05) is 63.0 Å². The molecule has 0 atom stereocenters. The maximum atomic E-state index is 12.5. The molecule has 170 valence electrons. The molecule has 0 unspecified atom stereocenters. The van der Waals surface area contributed by atoms with Crippen LogP contribution in [-0.2, 0) is 10.0 Å². The predicted octanol–water partition coefficient (Wildman–Crippen LogP) is 2.08. The first kappa shape index (κ1) is 25.5. The number of hydrogen-bond acceptors (Lipinski definition) is 5. The molecule has 0 bridgehead atoms. The summed E-state index contributed by atoms with van der Waals surface area (Å²) < 4.78 is 26.7. The molecule has 0 aromatic heterocycles. The predicted molar refractivity (Wildman–Crippen MR) is 139 cm³/mol. The van der Waals surface area contributed by atoms with Crippen LogP contribution in [0.3, 0.4) is 0 Å². The topological polar surface area (TPSA) is 68.2 Å². The van der Waals surface area contributed by atoms with Gasteiger partial charge in [0.25, 0.3) is 0 Å². The third-order valence-corrected chi connectivity index (χ3v) is 8.05. The molecule has 2 aliphatic heterocycles. The summed E-state index contributed by atoms with van der Waals surface area (Å²) in [5.41, 5.74) is 2.53. The fraction of sp³-hybridized carbons (Fsp3) is 0.650. The van der Waals surface area contributed by atoms with Crippen LogP contribution in [-0.4, -0.2) is 93.2 Å². The summed E-state index contributed by atoms with van der Waals surface area (Å²) in [5, 5.41) is 3.33. The summed E-state index contributed by atoms with van der Waals surface area (Å²) >= 11 is 1.81. The fourth-order valence-electron chi connectivity index (χ4n) is 3.65. The van der Waals surface area contributed by atoms with Gasteiger partial charge in [-0.2, -0.15) is 11.8 Å². The van der Waals surface area contributed by atoms with Crippen molar-refractivity contribution in [3.8, 4) is 0 Å². The third kappa shape index (κ3) is 7.16. The van der Waals surface area contributed by atoms with E-state index in [0.717, 1.165) is 50.2 Å². The first-order chi connectivity index (χ1) is 14.0. The smallest absolute Gasteiger partial charge is 0.215 e. The number of benzene rings is 1. The highest BCUT2D eigenvalue weighted by Crippen LogP contribution is 2.18. The van der Waals surface area contributed by atoms with Crippen molar-refractivity contribution < 1.29 is 8.42 Å². The molecule has 0 amide bonds. The zero-order valence-corrected chi connectivity index (χ0v) is 21.9. The van der Waals surface area contributed by atoms with E-state index < -0.39 is 10.0 Å². The maximum absolute atomic E-state index is 12.5. The second-order valence-corrected chi connectivity index (χ2v) is 10.7. The molecule has 1 aromatic carbocycles. The molecule has 1 N–H and O–H groups in total. The van der Waals surface area contributed by atoms with Crippen LogP contribution >= 0.6 is 35.7 Å². The zero-order valence-electron chi connectivity index (χ0n) is 17.9. The molecule has 2 saturated heterocycles. The lowest BCUT2D eigenvalue weighted by molar-refractivity contribution is 0.373. The molecule has 0 spiro atoms. The fourth-order valence-corrected chi connectivity index (χ4v) is 6.10. The molecule has 7 nitrogen and oxygen atoms in total.